The lowest BCUT2D eigenvalue weighted by Gasteiger charge is -2.14. The van der Waals surface area contributed by atoms with Gasteiger partial charge < -0.3 is 9.47 Å². The Morgan fingerprint density at radius 2 is 1.18 bits per heavy atom. The topological polar surface area (TPSA) is 18.5 Å². The van der Waals surface area contributed by atoms with Gasteiger partial charge in [0.2, 0.25) is 0 Å². The Kier molecular flexibility index (Phi) is 7.08. The molecule has 2 aromatic carbocycles. The van der Waals surface area contributed by atoms with E-state index in [0.29, 0.717) is 0 Å². The van der Waals surface area contributed by atoms with Crippen LogP contribution in [-0.4, -0.2) is 13.2 Å². The van der Waals surface area contributed by atoms with Crippen molar-refractivity contribution in [3.05, 3.63) is 36.4 Å². The number of hydrogen-bond acceptors (Lipinski definition) is 2. The molecule has 22 heavy (non-hydrogen) atoms. The summed E-state index contributed by atoms with van der Waals surface area (Å²) in [6.07, 6.45) is 7.06. The van der Waals surface area contributed by atoms with Gasteiger partial charge in [0, 0.05) is 0 Å². The first-order chi connectivity index (χ1) is 10.9. The summed E-state index contributed by atoms with van der Waals surface area (Å²) in [6.45, 7) is 5.97. The van der Waals surface area contributed by atoms with Gasteiger partial charge in [-0.1, -0.05) is 63.8 Å². The van der Waals surface area contributed by atoms with Gasteiger partial charge in [0.15, 0.2) is 0 Å². The fourth-order valence-electron chi connectivity index (χ4n) is 2.58. The summed E-state index contributed by atoms with van der Waals surface area (Å²) in [5, 5.41) is 2.29. The lowest BCUT2D eigenvalue weighted by Crippen LogP contribution is -2.01. The molecule has 0 aromatic heterocycles. The smallest absolute Gasteiger partial charge is 0.130 e. The molecule has 0 aliphatic rings. The molecule has 0 radical (unpaired) electrons. The first kappa shape index (κ1) is 16.7. The Balaban J connectivity index is 2.13. The molecule has 0 unspecified atom stereocenters. The normalized spacial score (nSPS) is 10.8. The molecule has 0 N–H and O–H groups in total. The van der Waals surface area contributed by atoms with Crippen molar-refractivity contribution in [3.63, 3.8) is 0 Å². The van der Waals surface area contributed by atoms with Crippen molar-refractivity contribution < 1.29 is 9.47 Å². The monoisotopic (exact) mass is 300 g/mol. The fraction of sp³-hybridized carbons (Fsp3) is 0.500. The summed E-state index contributed by atoms with van der Waals surface area (Å²) in [4.78, 5) is 0. The summed E-state index contributed by atoms with van der Waals surface area (Å²) in [5.74, 6) is 1.89. The Bertz CT molecular complexity index is 516. The van der Waals surface area contributed by atoms with Gasteiger partial charge in [-0.3, -0.25) is 0 Å². The van der Waals surface area contributed by atoms with E-state index in [1.54, 1.807) is 0 Å². The molecule has 0 fully saturated rings. The molecule has 0 atom stereocenters. The number of rotatable bonds is 10. The standard InChI is InChI=1S/C20H28O2/c1-3-5-7-15-21-18-13-9-11-17-12-10-14-19(20(17)18)22-16-8-6-4-2/h9-14H,3-8,15-16H2,1-2H3. The van der Waals surface area contributed by atoms with Crippen molar-refractivity contribution in [2.75, 3.05) is 13.2 Å². The van der Waals surface area contributed by atoms with Crippen molar-refractivity contribution >= 4 is 10.8 Å². The number of ether oxygens (including phenoxy) is 2. The van der Waals surface area contributed by atoms with Gasteiger partial charge in [0.25, 0.3) is 0 Å². The highest BCUT2D eigenvalue weighted by atomic mass is 16.5. The number of benzene rings is 2. The van der Waals surface area contributed by atoms with E-state index >= 15 is 0 Å². The highest BCUT2D eigenvalue weighted by molar-refractivity contribution is 5.93. The highest BCUT2D eigenvalue weighted by Crippen LogP contribution is 2.34. The fourth-order valence-corrected chi connectivity index (χ4v) is 2.58. The Hall–Kier alpha value is -1.70. The zero-order valence-electron chi connectivity index (χ0n) is 13.9. The van der Waals surface area contributed by atoms with Crippen LogP contribution in [0.3, 0.4) is 0 Å². The SMILES string of the molecule is CCCCCOc1cccc2cccc(OCCCCC)c12. The van der Waals surface area contributed by atoms with E-state index < -0.39 is 0 Å². The van der Waals surface area contributed by atoms with Crippen molar-refractivity contribution in [1.82, 2.24) is 0 Å². The van der Waals surface area contributed by atoms with Crippen LogP contribution in [0, 0.1) is 0 Å². The largest absolute Gasteiger partial charge is 0.493 e. The van der Waals surface area contributed by atoms with Crippen LogP contribution in [0.2, 0.25) is 0 Å². The second-order valence-electron chi connectivity index (χ2n) is 5.72. The third kappa shape index (κ3) is 4.66. The maximum atomic E-state index is 6.01. The first-order valence-electron chi connectivity index (χ1n) is 8.64. The maximum absolute atomic E-state index is 6.01. The lowest BCUT2D eigenvalue weighted by molar-refractivity contribution is 0.299. The van der Waals surface area contributed by atoms with Crippen molar-refractivity contribution in [2.45, 2.75) is 52.4 Å². The molecule has 2 aromatic rings. The molecule has 0 heterocycles. The predicted octanol–water partition coefficient (Wildman–Crippen LogP) is 5.98. The van der Waals surface area contributed by atoms with Gasteiger partial charge >= 0.3 is 0 Å². The Labute approximate surface area is 134 Å². The zero-order valence-corrected chi connectivity index (χ0v) is 13.9. The molecular weight excluding hydrogens is 272 g/mol. The second-order valence-corrected chi connectivity index (χ2v) is 5.72. The molecule has 0 saturated carbocycles. The van der Waals surface area contributed by atoms with Crippen LogP contribution < -0.4 is 9.47 Å². The van der Waals surface area contributed by atoms with E-state index in [4.69, 9.17) is 9.47 Å². The molecule has 2 nitrogen and oxygen atoms in total. The number of unbranched alkanes of at least 4 members (excludes halogenated alkanes) is 4. The van der Waals surface area contributed by atoms with Crippen molar-refractivity contribution in [2.24, 2.45) is 0 Å². The van der Waals surface area contributed by atoms with Gasteiger partial charge in [-0.05, 0) is 30.4 Å². The Morgan fingerprint density at radius 1 is 0.682 bits per heavy atom. The van der Waals surface area contributed by atoms with Crippen molar-refractivity contribution in [1.29, 1.82) is 0 Å². The Morgan fingerprint density at radius 3 is 1.64 bits per heavy atom. The summed E-state index contributed by atoms with van der Waals surface area (Å²) in [6, 6.07) is 12.4. The summed E-state index contributed by atoms with van der Waals surface area (Å²) in [5.41, 5.74) is 0. The third-order valence-electron chi connectivity index (χ3n) is 3.84. The van der Waals surface area contributed by atoms with E-state index in [0.717, 1.165) is 42.9 Å². The minimum Gasteiger partial charge on any atom is -0.493 e. The molecule has 0 saturated heterocycles. The molecule has 120 valence electrons. The average molecular weight is 300 g/mol. The van der Waals surface area contributed by atoms with Gasteiger partial charge in [0.05, 0.1) is 18.6 Å². The molecule has 0 bridgehead atoms. The summed E-state index contributed by atoms with van der Waals surface area (Å²) < 4.78 is 12.0. The summed E-state index contributed by atoms with van der Waals surface area (Å²) >= 11 is 0. The van der Waals surface area contributed by atoms with Crippen LogP contribution in [-0.2, 0) is 0 Å². The van der Waals surface area contributed by atoms with Crippen LogP contribution in [0.4, 0.5) is 0 Å². The van der Waals surface area contributed by atoms with Crippen molar-refractivity contribution in [3.8, 4) is 11.5 Å². The predicted molar refractivity (Wildman–Crippen MR) is 94.0 cm³/mol. The highest BCUT2D eigenvalue weighted by Gasteiger charge is 2.08. The van der Waals surface area contributed by atoms with Crippen LogP contribution in [0.15, 0.2) is 36.4 Å². The minimum absolute atomic E-state index is 0.775. The third-order valence-corrected chi connectivity index (χ3v) is 3.84. The van der Waals surface area contributed by atoms with Crippen LogP contribution >= 0.6 is 0 Å². The summed E-state index contributed by atoms with van der Waals surface area (Å²) in [7, 11) is 0. The molecule has 2 heteroatoms. The number of hydrogen-bond donors (Lipinski definition) is 0. The van der Waals surface area contributed by atoms with Crippen LogP contribution in [0.25, 0.3) is 10.8 Å². The van der Waals surface area contributed by atoms with Gasteiger partial charge in [-0.25, -0.2) is 0 Å². The molecular formula is C20H28O2. The first-order valence-corrected chi connectivity index (χ1v) is 8.64. The van der Waals surface area contributed by atoms with E-state index in [-0.39, 0.29) is 0 Å². The minimum atomic E-state index is 0.775. The maximum Gasteiger partial charge on any atom is 0.130 e. The molecule has 0 amide bonds. The molecule has 0 aliphatic carbocycles. The van der Waals surface area contributed by atoms with Gasteiger partial charge in [-0.2, -0.15) is 0 Å². The van der Waals surface area contributed by atoms with E-state index in [1.165, 1.54) is 31.1 Å². The molecule has 0 spiro atoms. The van der Waals surface area contributed by atoms with E-state index in [2.05, 4.69) is 38.1 Å². The molecule has 0 aliphatic heterocycles. The lowest BCUT2D eigenvalue weighted by atomic mass is 10.1. The molecule has 2 rings (SSSR count). The quantitative estimate of drug-likeness (QED) is 0.503. The second kappa shape index (κ2) is 9.34. The van der Waals surface area contributed by atoms with Crippen LogP contribution in [0.1, 0.15) is 52.4 Å². The van der Waals surface area contributed by atoms with Gasteiger partial charge in [-0.15, -0.1) is 0 Å². The van der Waals surface area contributed by atoms with Crippen LogP contribution in [0.5, 0.6) is 11.5 Å². The van der Waals surface area contributed by atoms with Gasteiger partial charge in [0.1, 0.15) is 11.5 Å². The zero-order chi connectivity index (χ0) is 15.6. The van der Waals surface area contributed by atoms with E-state index in [1.807, 2.05) is 12.1 Å². The number of fused-ring (bicyclic) bond motifs is 1. The average Bonchev–Trinajstić information content (AvgIpc) is 2.55. The van der Waals surface area contributed by atoms with E-state index in [9.17, 15) is 0 Å².